The quantitative estimate of drug-likeness (QED) is 0.693. The van der Waals surface area contributed by atoms with Crippen molar-refractivity contribution < 1.29 is 18.4 Å². The number of fused-ring (bicyclic) bond motifs is 1. The molecule has 1 aliphatic rings. The summed E-state index contributed by atoms with van der Waals surface area (Å²) in [4.78, 5) is 31.3. The lowest BCUT2D eigenvalue weighted by molar-refractivity contribution is -0.117. The van der Waals surface area contributed by atoms with Crippen molar-refractivity contribution in [2.45, 2.75) is 32.6 Å². The standard InChI is InChI=1S/C23H22FN3O3/c1-14(22(28)26-19-8-6-18(24)7-9-19)16-5-10-21-17(12-16)4-3-11-27(21)23(29)20-13-30-15(2)25-20/h5-10,12-14H,3-4,11H2,1-2H3,(H,26,28). The number of anilines is 2. The molecule has 0 saturated carbocycles. The van der Waals surface area contributed by atoms with Crippen LogP contribution in [0.3, 0.4) is 0 Å². The summed E-state index contributed by atoms with van der Waals surface area (Å²) in [5.41, 5.74) is 3.55. The van der Waals surface area contributed by atoms with E-state index in [1.54, 1.807) is 11.8 Å². The van der Waals surface area contributed by atoms with Crippen LogP contribution in [0.4, 0.5) is 15.8 Å². The normalized spacial score (nSPS) is 14.2. The van der Waals surface area contributed by atoms with Crippen LogP contribution in [-0.4, -0.2) is 23.3 Å². The van der Waals surface area contributed by atoms with Gasteiger partial charge in [-0.3, -0.25) is 9.59 Å². The molecule has 1 atom stereocenters. The maximum absolute atomic E-state index is 13.1. The summed E-state index contributed by atoms with van der Waals surface area (Å²) in [6.45, 7) is 4.13. The predicted molar refractivity (Wildman–Crippen MR) is 111 cm³/mol. The molecule has 4 rings (SSSR count). The van der Waals surface area contributed by atoms with Gasteiger partial charge in [0.05, 0.1) is 5.92 Å². The Balaban J connectivity index is 1.53. The Kier molecular flexibility index (Phi) is 5.35. The molecule has 1 aromatic heterocycles. The van der Waals surface area contributed by atoms with Gasteiger partial charge in [-0.2, -0.15) is 0 Å². The summed E-state index contributed by atoms with van der Waals surface area (Å²) in [6, 6.07) is 11.4. The van der Waals surface area contributed by atoms with E-state index in [9.17, 15) is 14.0 Å². The number of hydrogen-bond donors (Lipinski definition) is 1. The van der Waals surface area contributed by atoms with Crippen molar-refractivity contribution in [1.82, 2.24) is 4.98 Å². The Bertz CT molecular complexity index is 1090. The number of amides is 2. The van der Waals surface area contributed by atoms with Gasteiger partial charge < -0.3 is 14.6 Å². The van der Waals surface area contributed by atoms with E-state index in [0.717, 1.165) is 29.7 Å². The molecule has 2 amide bonds. The number of carbonyl (C=O) groups excluding carboxylic acids is 2. The van der Waals surface area contributed by atoms with Crippen LogP contribution in [0.1, 0.15) is 46.8 Å². The molecule has 0 radical (unpaired) electrons. The van der Waals surface area contributed by atoms with Crippen LogP contribution < -0.4 is 10.2 Å². The summed E-state index contributed by atoms with van der Waals surface area (Å²) < 4.78 is 18.2. The third-order valence-corrected chi connectivity index (χ3v) is 5.31. The Labute approximate surface area is 173 Å². The fourth-order valence-electron chi connectivity index (χ4n) is 3.63. The minimum absolute atomic E-state index is 0.177. The zero-order valence-electron chi connectivity index (χ0n) is 16.8. The predicted octanol–water partition coefficient (Wildman–Crippen LogP) is 4.46. The number of halogens is 1. The zero-order valence-corrected chi connectivity index (χ0v) is 16.8. The van der Waals surface area contributed by atoms with E-state index >= 15 is 0 Å². The second-order valence-corrected chi connectivity index (χ2v) is 7.42. The van der Waals surface area contributed by atoms with E-state index in [4.69, 9.17) is 4.42 Å². The fraction of sp³-hybridized carbons (Fsp3) is 0.261. The third kappa shape index (κ3) is 3.96. The first-order valence-corrected chi connectivity index (χ1v) is 9.85. The largest absolute Gasteiger partial charge is 0.448 e. The van der Waals surface area contributed by atoms with Crippen LogP contribution in [0.5, 0.6) is 0 Å². The van der Waals surface area contributed by atoms with Crippen LogP contribution in [0.2, 0.25) is 0 Å². The van der Waals surface area contributed by atoms with Crippen molar-refractivity contribution in [1.29, 1.82) is 0 Å². The van der Waals surface area contributed by atoms with E-state index in [-0.39, 0.29) is 23.3 Å². The maximum Gasteiger partial charge on any atom is 0.280 e. The van der Waals surface area contributed by atoms with Gasteiger partial charge in [0, 0.05) is 24.8 Å². The number of benzene rings is 2. The molecule has 2 aromatic carbocycles. The lowest BCUT2D eigenvalue weighted by Gasteiger charge is -2.29. The topological polar surface area (TPSA) is 75.4 Å². The molecule has 0 spiro atoms. The second-order valence-electron chi connectivity index (χ2n) is 7.42. The highest BCUT2D eigenvalue weighted by Gasteiger charge is 2.27. The summed E-state index contributed by atoms with van der Waals surface area (Å²) in [7, 11) is 0. The summed E-state index contributed by atoms with van der Waals surface area (Å²) in [6.07, 6.45) is 3.04. The average molecular weight is 407 g/mol. The monoisotopic (exact) mass is 407 g/mol. The van der Waals surface area contributed by atoms with E-state index in [0.29, 0.717) is 18.1 Å². The highest BCUT2D eigenvalue weighted by Crippen LogP contribution is 2.31. The van der Waals surface area contributed by atoms with Gasteiger partial charge in [0.1, 0.15) is 12.1 Å². The maximum atomic E-state index is 13.1. The average Bonchev–Trinajstić information content (AvgIpc) is 3.19. The Hall–Kier alpha value is -3.48. The molecule has 7 heteroatoms. The first-order valence-electron chi connectivity index (χ1n) is 9.85. The van der Waals surface area contributed by atoms with Gasteiger partial charge in [0.15, 0.2) is 11.6 Å². The first kappa shape index (κ1) is 19.8. The van der Waals surface area contributed by atoms with Gasteiger partial charge in [-0.1, -0.05) is 12.1 Å². The number of aromatic nitrogens is 1. The lowest BCUT2D eigenvalue weighted by Crippen LogP contribution is -2.35. The first-order chi connectivity index (χ1) is 14.4. The zero-order chi connectivity index (χ0) is 21.3. The molecule has 0 aliphatic carbocycles. The van der Waals surface area contributed by atoms with Crippen LogP contribution in [0.25, 0.3) is 0 Å². The summed E-state index contributed by atoms with van der Waals surface area (Å²) in [5, 5.41) is 2.81. The SMILES string of the molecule is Cc1nc(C(=O)N2CCCc3cc(C(C)C(=O)Nc4ccc(F)cc4)ccc32)co1. The van der Waals surface area contributed by atoms with E-state index in [2.05, 4.69) is 10.3 Å². The van der Waals surface area contributed by atoms with Crippen molar-refractivity contribution in [2.75, 3.05) is 16.8 Å². The van der Waals surface area contributed by atoms with Gasteiger partial charge in [0.25, 0.3) is 5.91 Å². The van der Waals surface area contributed by atoms with Gasteiger partial charge in [-0.15, -0.1) is 0 Å². The molecule has 30 heavy (non-hydrogen) atoms. The Morgan fingerprint density at radius 3 is 2.67 bits per heavy atom. The fourth-order valence-corrected chi connectivity index (χ4v) is 3.63. The number of aryl methyl sites for hydroxylation is 2. The Morgan fingerprint density at radius 1 is 1.20 bits per heavy atom. The molecule has 154 valence electrons. The van der Waals surface area contributed by atoms with E-state index in [1.165, 1.54) is 30.5 Å². The molecule has 0 saturated heterocycles. The molecule has 0 fully saturated rings. The number of hydrogen-bond acceptors (Lipinski definition) is 4. The van der Waals surface area contributed by atoms with Gasteiger partial charge in [0.2, 0.25) is 5.91 Å². The molecule has 1 aliphatic heterocycles. The molecule has 1 unspecified atom stereocenters. The molecular formula is C23H22FN3O3. The minimum atomic E-state index is -0.398. The van der Waals surface area contributed by atoms with Crippen molar-refractivity contribution in [3.63, 3.8) is 0 Å². The third-order valence-electron chi connectivity index (χ3n) is 5.31. The Morgan fingerprint density at radius 2 is 1.97 bits per heavy atom. The van der Waals surface area contributed by atoms with E-state index in [1.807, 2.05) is 25.1 Å². The molecule has 1 N–H and O–H groups in total. The number of nitrogens with one attached hydrogen (secondary N) is 1. The van der Waals surface area contributed by atoms with Gasteiger partial charge >= 0.3 is 0 Å². The van der Waals surface area contributed by atoms with Crippen molar-refractivity contribution in [3.05, 3.63) is 77.3 Å². The number of oxazole rings is 1. The molecule has 2 heterocycles. The second kappa shape index (κ2) is 8.10. The van der Waals surface area contributed by atoms with Crippen LogP contribution in [0, 0.1) is 12.7 Å². The number of rotatable bonds is 4. The summed E-state index contributed by atoms with van der Waals surface area (Å²) >= 11 is 0. The van der Waals surface area contributed by atoms with Crippen LogP contribution in [0.15, 0.2) is 53.1 Å². The molecule has 6 nitrogen and oxygen atoms in total. The van der Waals surface area contributed by atoms with E-state index < -0.39 is 5.92 Å². The minimum Gasteiger partial charge on any atom is -0.448 e. The van der Waals surface area contributed by atoms with Crippen molar-refractivity contribution >= 4 is 23.2 Å². The molecular weight excluding hydrogens is 385 g/mol. The van der Waals surface area contributed by atoms with Crippen LogP contribution in [-0.2, 0) is 11.2 Å². The highest BCUT2D eigenvalue weighted by atomic mass is 19.1. The van der Waals surface area contributed by atoms with Crippen molar-refractivity contribution in [2.24, 2.45) is 0 Å². The van der Waals surface area contributed by atoms with Crippen LogP contribution >= 0.6 is 0 Å². The summed E-state index contributed by atoms with van der Waals surface area (Å²) in [5.74, 6) is -0.668. The van der Waals surface area contributed by atoms with Crippen molar-refractivity contribution in [3.8, 4) is 0 Å². The molecule has 3 aromatic rings. The lowest BCUT2D eigenvalue weighted by atomic mass is 9.93. The molecule has 0 bridgehead atoms. The highest BCUT2D eigenvalue weighted by molar-refractivity contribution is 6.05. The number of nitrogens with zero attached hydrogens (tertiary/aromatic N) is 2. The van der Waals surface area contributed by atoms with Gasteiger partial charge in [-0.05, 0) is 61.2 Å². The van der Waals surface area contributed by atoms with Gasteiger partial charge in [-0.25, -0.2) is 9.37 Å². The smallest absolute Gasteiger partial charge is 0.280 e. The number of carbonyl (C=O) groups is 2.